The van der Waals surface area contributed by atoms with Crippen molar-refractivity contribution >= 4 is 88.1 Å². The monoisotopic (exact) mass is 688 g/mol. The Morgan fingerprint density at radius 2 is 1.00 bits per heavy atom. The average Bonchev–Trinajstić information content (AvgIpc) is 3.77. The van der Waals surface area contributed by atoms with Gasteiger partial charge in [-0.15, -0.1) is 0 Å². The van der Waals surface area contributed by atoms with Gasteiger partial charge in [-0.25, -0.2) is 0 Å². The molecule has 12 rings (SSSR count). The first-order valence-electron chi connectivity index (χ1n) is 18.8. The largest absolute Gasteiger partial charge is 0.456 e. The van der Waals surface area contributed by atoms with Gasteiger partial charge in [-0.05, 0) is 120 Å². The Morgan fingerprint density at radius 3 is 1.76 bits per heavy atom. The lowest BCUT2D eigenvalue weighted by Crippen LogP contribution is -2.24. The van der Waals surface area contributed by atoms with E-state index >= 15 is 0 Å². The highest BCUT2D eigenvalue weighted by atomic mass is 16.3. The van der Waals surface area contributed by atoms with Gasteiger partial charge in [-0.3, -0.25) is 0 Å². The van der Waals surface area contributed by atoms with E-state index in [0.29, 0.717) is 0 Å². The zero-order chi connectivity index (χ0) is 35.3. The molecule has 0 fully saturated rings. The van der Waals surface area contributed by atoms with E-state index in [1.165, 1.54) is 70.7 Å². The summed E-state index contributed by atoms with van der Waals surface area (Å²) >= 11 is 0. The van der Waals surface area contributed by atoms with E-state index in [2.05, 4.69) is 164 Å². The quantitative estimate of drug-likeness (QED) is 0.173. The lowest BCUT2D eigenvalue weighted by molar-refractivity contribution is 0.570. The summed E-state index contributed by atoms with van der Waals surface area (Å²) in [4.78, 5) is 0. The van der Waals surface area contributed by atoms with Crippen LogP contribution in [-0.4, -0.2) is 0 Å². The third-order valence-electron chi connectivity index (χ3n) is 11.7. The van der Waals surface area contributed by atoms with Crippen molar-refractivity contribution in [2.75, 3.05) is 0 Å². The minimum Gasteiger partial charge on any atom is -0.456 e. The Labute approximate surface area is 310 Å². The summed E-state index contributed by atoms with van der Waals surface area (Å²) in [5.74, 6) is 0.226. The maximum Gasteiger partial charge on any atom is 0.136 e. The molecule has 0 saturated heterocycles. The van der Waals surface area contributed by atoms with Crippen molar-refractivity contribution in [1.82, 2.24) is 0 Å². The topological polar surface area (TPSA) is 26.3 Å². The van der Waals surface area contributed by atoms with Crippen LogP contribution in [0.4, 0.5) is 0 Å². The maximum atomic E-state index is 6.50. The van der Waals surface area contributed by atoms with Gasteiger partial charge < -0.3 is 8.83 Å². The molecule has 11 aromatic rings. The zero-order valence-electron chi connectivity index (χ0n) is 29.3. The van der Waals surface area contributed by atoms with Crippen molar-refractivity contribution in [2.24, 2.45) is 0 Å². The molecular weight excluding hydrogens is 657 g/mol. The molecular formula is C52H32O2. The molecule has 1 atom stereocenters. The number of fused-ring (bicyclic) bond motifs is 10. The van der Waals surface area contributed by atoms with E-state index in [4.69, 9.17) is 8.83 Å². The van der Waals surface area contributed by atoms with Crippen molar-refractivity contribution in [1.29, 1.82) is 0 Å². The SMILES string of the molecule is C1=c2oc3cc4cc5oc6ccccc6c5cc4cc3c2=CC(c2cccc(-c3c4ccccc4c(-c4ccc5ccccc5c4)c4ccccc34)c2)C1. The van der Waals surface area contributed by atoms with Gasteiger partial charge in [0, 0.05) is 27.3 Å². The van der Waals surface area contributed by atoms with Gasteiger partial charge in [-0.2, -0.15) is 0 Å². The Hall–Kier alpha value is -6.90. The molecule has 1 aliphatic rings. The van der Waals surface area contributed by atoms with E-state index in [-0.39, 0.29) is 5.92 Å². The standard InChI is InChI=1S/C52H32O2/c1-2-11-32-24-36(21-20-31(32)10-1)52-42-17-5-3-15-40(42)51(41-16-4-6-18-43(41)52)35-13-9-12-33(25-35)34-22-23-48-45(26-34)46-28-37-27-44-39-14-7-8-19-47(39)53-49(44)29-38(37)30-50(46)54-48/h1-21,23-30,34H,22H2. The first-order valence-corrected chi connectivity index (χ1v) is 18.8. The van der Waals surface area contributed by atoms with Crippen LogP contribution in [0.15, 0.2) is 173 Å². The molecule has 2 heterocycles. The molecule has 54 heavy (non-hydrogen) atoms. The van der Waals surface area contributed by atoms with Crippen molar-refractivity contribution in [3.8, 4) is 22.3 Å². The van der Waals surface area contributed by atoms with Gasteiger partial charge in [0.05, 0.1) is 0 Å². The van der Waals surface area contributed by atoms with Crippen LogP contribution in [-0.2, 0) is 0 Å². The first kappa shape index (κ1) is 29.7. The molecule has 1 unspecified atom stereocenters. The van der Waals surface area contributed by atoms with Crippen LogP contribution >= 0.6 is 0 Å². The molecule has 0 amide bonds. The first-order chi connectivity index (χ1) is 26.7. The fraction of sp³-hybridized carbons (Fsp3) is 0.0385. The van der Waals surface area contributed by atoms with E-state index in [9.17, 15) is 0 Å². The summed E-state index contributed by atoms with van der Waals surface area (Å²) in [7, 11) is 0. The molecule has 0 N–H and O–H groups in total. The van der Waals surface area contributed by atoms with Gasteiger partial charge in [0.15, 0.2) is 0 Å². The fourth-order valence-corrected chi connectivity index (χ4v) is 9.18. The summed E-state index contributed by atoms with van der Waals surface area (Å²) in [6.45, 7) is 0. The number of furan rings is 2. The van der Waals surface area contributed by atoms with E-state index in [0.717, 1.165) is 50.1 Å². The van der Waals surface area contributed by atoms with Crippen LogP contribution in [0.3, 0.4) is 0 Å². The number of rotatable bonds is 3. The number of benzene rings is 9. The molecule has 252 valence electrons. The van der Waals surface area contributed by atoms with Crippen LogP contribution in [0.2, 0.25) is 0 Å². The second-order valence-corrected chi connectivity index (χ2v) is 14.8. The Bertz CT molecular complexity index is 3430. The molecule has 0 aliphatic heterocycles. The maximum absolute atomic E-state index is 6.50. The summed E-state index contributed by atoms with van der Waals surface area (Å²) in [5.41, 5.74) is 10.1. The van der Waals surface area contributed by atoms with Crippen molar-refractivity contribution in [3.63, 3.8) is 0 Å². The number of hydrogen-bond acceptors (Lipinski definition) is 2. The highest BCUT2D eigenvalue weighted by Gasteiger charge is 2.20. The van der Waals surface area contributed by atoms with E-state index in [1.807, 2.05) is 12.1 Å². The Balaban J connectivity index is 1.01. The zero-order valence-corrected chi connectivity index (χ0v) is 29.3. The smallest absolute Gasteiger partial charge is 0.136 e. The van der Waals surface area contributed by atoms with E-state index in [1.54, 1.807) is 0 Å². The predicted molar refractivity (Wildman–Crippen MR) is 226 cm³/mol. The molecule has 2 aromatic heterocycles. The summed E-state index contributed by atoms with van der Waals surface area (Å²) in [6.07, 6.45) is 5.59. The lowest BCUT2D eigenvalue weighted by Gasteiger charge is -2.19. The second kappa shape index (κ2) is 11.3. The average molecular weight is 689 g/mol. The molecule has 0 radical (unpaired) electrons. The highest BCUT2D eigenvalue weighted by Crippen LogP contribution is 2.45. The van der Waals surface area contributed by atoms with Gasteiger partial charge in [0.2, 0.25) is 0 Å². The molecule has 1 aliphatic carbocycles. The predicted octanol–water partition coefficient (Wildman–Crippen LogP) is 13.0. The van der Waals surface area contributed by atoms with Crippen LogP contribution < -0.4 is 10.6 Å². The molecule has 0 spiro atoms. The van der Waals surface area contributed by atoms with Crippen LogP contribution in [0.1, 0.15) is 17.9 Å². The minimum absolute atomic E-state index is 0.226. The lowest BCUT2D eigenvalue weighted by atomic mass is 9.84. The van der Waals surface area contributed by atoms with Gasteiger partial charge in [0.25, 0.3) is 0 Å². The molecule has 2 nitrogen and oxygen atoms in total. The van der Waals surface area contributed by atoms with Gasteiger partial charge in [0.1, 0.15) is 22.2 Å². The third-order valence-corrected chi connectivity index (χ3v) is 11.7. The Kier molecular flexibility index (Phi) is 6.20. The van der Waals surface area contributed by atoms with Crippen molar-refractivity contribution < 1.29 is 8.83 Å². The highest BCUT2D eigenvalue weighted by molar-refractivity contribution is 6.22. The molecule has 0 bridgehead atoms. The second-order valence-electron chi connectivity index (χ2n) is 14.8. The number of hydrogen-bond donors (Lipinski definition) is 0. The van der Waals surface area contributed by atoms with Crippen LogP contribution in [0.5, 0.6) is 0 Å². The molecule has 9 aromatic carbocycles. The van der Waals surface area contributed by atoms with Crippen molar-refractivity contribution in [2.45, 2.75) is 12.3 Å². The summed E-state index contributed by atoms with van der Waals surface area (Å²) < 4.78 is 12.7. The normalized spacial score (nSPS) is 14.3. The fourth-order valence-electron chi connectivity index (χ4n) is 9.18. The Morgan fingerprint density at radius 1 is 0.389 bits per heavy atom. The van der Waals surface area contributed by atoms with Crippen LogP contribution in [0.25, 0.3) is 110 Å². The summed E-state index contributed by atoms with van der Waals surface area (Å²) in [6, 6.07) is 59.7. The third kappa shape index (κ3) is 4.41. The molecule has 0 saturated carbocycles. The summed E-state index contributed by atoms with van der Waals surface area (Å²) in [5, 5.41) is 14.5. The van der Waals surface area contributed by atoms with Gasteiger partial charge >= 0.3 is 0 Å². The molecule has 2 heteroatoms. The van der Waals surface area contributed by atoms with Gasteiger partial charge in [-0.1, -0.05) is 133 Å². The van der Waals surface area contributed by atoms with E-state index < -0.39 is 0 Å². The van der Waals surface area contributed by atoms with Crippen molar-refractivity contribution in [3.05, 3.63) is 180 Å². The minimum atomic E-state index is 0.226. The van der Waals surface area contributed by atoms with Crippen LogP contribution in [0, 0.1) is 0 Å². The number of para-hydroxylation sites is 1.